The first-order chi connectivity index (χ1) is 6.24. The first-order valence-electron chi connectivity index (χ1n) is 4.06. The Kier molecular flexibility index (Phi) is 2.09. The second-order valence-corrected chi connectivity index (χ2v) is 3.78. The fourth-order valence-electron chi connectivity index (χ4n) is 1.38. The molecule has 0 amide bonds. The Bertz CT molecular complexity index is 447. The van der Waals surface area contributed by atoms with E-state index in [2.05, 4.69) is 26.1 Å². The lowest BCUT2D eigenvalue weighted by molar-refractivity contribution is 1.05. The van der Waals surface area contributed by atoms with Crippen molar-refractivity contribution >= 4 is 26.8 Å². The van der Waals surface area contributed by atoms with Crippen molar-refractivity contribution in [3.8, 4) is 0 Å². The minimum atomic E-state index is 0.530. The van der Waals surface area contributed by atoms with Crippen LogP contribution in [0, 0.1) is 6.92 Å². The molecule has 0 unspecified atom stereocenters. The lowest BCUT2D eigenvalue weighted by atomic mass is 10.1. The molecule has 4 heteroatoms. The number of nitrogens with two attached hydrogens (primary N) is 1. The molecule has 0 aliphatic heterocycles. The van der Waals surface area contributed by atoms with Crippen LogP contribution >= 0.6 is 15.9 Å². The second-order valence-electron chi connectivity index (χ2n) is 2.99. The van der Waals surface area contributed by atoms with Gasteiger partial charge in [-0.3, -0.25) is 5.10 Å². The average Bonchev–Trinajstić information content (AvgIpc) is 2.50. The summed E-state index contributed by atoms with van der Waals surface area (Å²) in [7, 11) is 0. The number of benzene rings is 1. The summed E-state index contributed by atoms with van der Waals surface area (Å²) in [5.41, 5.74) is 8.70. The van der Waals surface area contributed by atoms with Gasteiger partial charge in [-0.15, -0.1) is 0 Å². The maximum Gasteiger partial charge on any atom is 0.107 e. The second kappa shape index (κ2) is 3.12. The van der Waals surface area contributed by atoms with Gasteiger partial charge < -0.3 is 5.73 Å². The molecule has 1 aromatic heterocycles. The standard InChI is InChI=1S/C9H10BrN3/c1-5-7-3-2-6(4-11)8(10)9(7)13-12-5/h2-3H,4,11H2,1H3,(H,12,13). The van der Waals surface area contributed by atoms with Gasteiger partial charge in [0.1, 0.15) is 5.52 Å². The topological polar surface area (TPSA) is 54.7 Å². The summed E-state index contributed by atoms with van der Waals surface area (Å²) in [6.07, 6.45) is 0. The third-order valence-electron chi connectivity index (χ3n) is 2.16. The van der Waals surface area contributed by atoms with Crippen LogP contribution in [-0.2, 0) is 6.54 Å². The van der Waals surface area contributed by atoms with Crippen LogP contribution in [0.25, 0.3) is 10.9 Å². The first kappa shape index (κ1) is 8.72. The highest BCUT2D eigenvalue weighted by Gasteiger charge is 2.07. The highest BCUT2D eigenvalue weighted by Crippen LogP contribution is 2.27. The Labute approximate surface area is 84.4 Å². The number of halogens is 1. The summed E-state index contributed by atoms with van der Waals surface area (Å²) in [4.78, 5) is 0. The monoisotopic (exact) mass is 239 g/mol. The summed E-state index contributed by atoms with van der Waals surface area (Å²) in [5, 5.41) is 8.29. The molecule has 3 N–H and O–H groups in total. The minimum Gasteiger partial charge on any atom is -0.326 e. The number of hydrogen-bond acceptors (Lipinski definition) is 2. The minimum absolute atomic E-state index is 0.530. The third kappa shape index (κ3) is 1.26. The SMILES string of the molecule is Cc1[nH]nc2c(Br)c(CN)ccc12. The molecule has 0 spiro atoms. The summed E-state index contributed by atoms with van der Waals surface area (Å²) in [5.74, 6) is 0. The lowest BCUT2D eigenvalue weighted by Crippen LogP contribution is -1.97. The molecule has 3 nitrogen and oxygen atoms in total. The number of aryl methyl sites for hydroxylation is 1. The van der Waals surface area contributed by atoms with Crippen molar-refractivity contribution in [3.05, 3.63) is 27.9 Å². The molecule has 0 saturated heterocycles. The van der Waals surface area contributed by atoms with Crippen LogP contribution in [-0.4, -0.2) is 10.2 Å². The van der Waals surface area contributed by atoms with Crippen molar-refractivity contribution in [1.29, 1.82) is 0 Å². The van der Waals surface area contributed by atoms with Gasteiger partial charge in [0.15, 0.2) is 0 Å². The molecule has 0 aliphatic rings. The van der Waals surface area contributed by atoms with Gasteiger partial charge in [-0.25, -0.2) is 0 Å². The van der Waals surface area contributed by atoms with Gasteiger partial charge in [0.25, 0.3) is 0 Å². The normalized spacial score (nSPS) is 11.0. The van der Waals surface area contributed by atoms with E-state index in [-0.39, 0.29) is 0 Å². The highest BCUT2D eigenvalue weighted by atomic mass is 79.9. The van der Waals surface area contributed by atoms with E-state index in [1.165, 1.54) is 0 Å². The fourth-order valence-corrected chi connectivity index (χ4v) is 1.97. The maximum atomic E-state index is 5.58. The Hall–Kier alpha value is -0.870. The molecule has 0 fully saturated rings. The summed E-state index contributed by atoms with van der Waals surface area (Å²) in [6.45, 7) is 2.53. The van der Waals surface area contributed by atoms with E-state index in [1.54, 1.807) is 0 Å². The number of aromatic nitrogens is 2. The molecular formula is C9H10BrN3. The van der Waals surface area contributed by atoms with Gasteiger partial charge in [0, 0.05) is 17.6 Å². The Morgan fingerprint density at radius 1 is 1.54 bits per heavy atom. The van der Waals surface area contributed by atoms with Gasteiger partial charge in [-0.1, -0.05) is 12.1 Å². The van der Waals surface area contributed by atoms with E-state index in [0.29, 0.717) is 6.54 Å². The number of H-pyrrole nitrogens is 1. The van der Waals surface area contributed by atoms with Gasteiger partial charge in [-0.05, 0) is 28.4 Å². The molecule has 0 saturated carbocycles. The summed E-state index contributed by atoms with van der Waals surface area (Å²) < 4.78 is 0.997. The zero-order valence-corrected chi connectivity index (χ0v) is 8.85. The van der Waals surface area contributed by atoms with E-state index in [9.17, 15) is 0 Å². The lowest BCUT2D eigenvalue weighted by Gasteiger charge is -2.00. The van der Waals surface area contributed by atoms with E-state index in [0.717, 1.165) is 26.6 Å². The van der Waals surface area contributed by atoms with Gasteiger partial charge >= 0.3 is 0 Å². The van der Waals surface area contributed by atoms with E-state index >= 15 is 0 Å². The van der Waals surface area contributed by atoms with Crippen molar-refractivity contribution in [1.82, 2.24) is 10.2 Å². The molecule has 2 rings (SSSR count). The number of nitrogens with zero attached hydrogens (tertiary/aromatic N) is 1. The van der Waals surface area contributed by atoms with Crippen molar-refractivity contribution in [2.75, 3.05) is 0 Å². The van der Waals surface area contributed by atoms with Crippen molar-refractivity contribution in [2.45, 2.75) is 13.5 Å². The summed E-state index contributed by atoms with van der Waals surface area (Å²) >= 11 is 3.49. The van der Waals surface area contributed by atoms with E-state index in [1.807, 2.05) is 19.1 Å². The third-order valence-corrected chi connectivity index (χ3v) is 3.04. The van der Waals surface area contributed by atoms with Crippen molar-refractivity contribution in [2.24, 2.45) is 5.73 Å². The molecule has 0 bridgehead atoms. The van der Waals surface area contributed by atoms with Crippen LogP contribution in [0.4, 0.5) is 0 Å². The Morgan fingerprint density at radius 2 is 2.31 bits per heavy atom. The number of hydrogen-bond donors (Lipinski definition) is 2. The van der Waals surface area contributed by atoms with Crippen LogP contribution in [0.5, 0.6) is 0 Å². The summed E-state index contributed by atoms with van der Waals surface area (Å²) in [6, 6.07) is 4.07. The van der Waals surface area contributed by atoms with E-state index in [4.69, 9.17) is 5.73 Å². The number of nitrogens with one attached hydrogen (secondary N) is 1. The predicted octanol–water partition coefficient (Wildman–Crippen LogP) is 2.09. The predicted molar refractivity (Wildman–Crippen MR) is 56.4 cm³/mol. The van der Waals surface area contributed by atoms with Gasteiger partial charge in [0.05, 0.1) is 4.47 Å². The van der Waals surface area contributed by atoms with Gasteiger partial charge in [-0.2, -0.15) is 5.10 Å². The quantitative estimate of drug-likeness (QED) is 0.801. The van der Waals surface area contributed by atoms with Crippen LogP contribution < -0.4 is 5.73 Å². The molecule has 2 aromatic rings. The Balaban J connectivity index is 2.80. The Morgan fingerprint density at radius 3 is 3.00 bits per heavy atom. The molecule has 0 aliphatic carbocycles. The maximum absolute atomic E-state index is 5.58. The number of aromatic amines is 1. The smallest absolute Gasteiger partial charge is 0.107 e. The largest absolute Gasteiger partial charge is 0.326 e. The number of rotatable bonds is 1. The van der Waals surface area contributed by atoms with Crippen molar-refractivity contribution in [3.63, 3.8) is 0 Å². The zero-order valence-electron chi connectivity index (χ0n) is 7.26. The molecular weight excluding hydrogens is 230 g/mol. The van der Waals surface area contributed by atoms with E-state index < -0.39 is 0 Å². The van der Waals surface area contributed by atoms with Gasteiger partial charge in [0.2, 0.25) is 0 Å². The van der Waals surface area contributed by atoms with Crippen LogP contribution in [0.15, 0.2) is 16.6 Å². The van der Waals surface area contributed by atoms with Crippen LogP contribution in [0.1, 0.15) is 11.3 Å². The highest BCUT2D eigenvalue weighted by molar-refractivity contribution is 9.10. The molecule has 1 heterocycles. The fraction of sp³-hybridized carbons (Fsp3) is 0.222. The molecule has 0 radical (unpaired) electrons. The number of fused-ring (bicyclic) bond motifs is 1. The van der Waals surface area contributed by atoms with Crippen molar-refractivity contribution < 1.29 is 0 Å². The molecule has 13 heavy (non-hydrogen) atoms. The zero-order chi connectivity index (χ0) is 9.42. The van der Waals surface area contributed by atoms with Crippen LogP contribution in [0.2, 0.25) is 0 Å². The molecule has 68 valence electrons. The first-order valence-corrected chi connectivity index (χ1v) is 4.85. The average molecular weight is 240 g/mol. The molecule has 0 atom stereocenters. The molecule has 1 aromatic carbocycles. The van der Waals surface area contributed by atoms with Crippen LogP contribution in [0.3, 0.4) is 0 Å².